The fourth-order valence-electron chi connectivity index (χ4n) is 1.27. The molecule has 2 nitrogen and oxygen atoms in total. The van der Waals surface area contributed by atoms with Crippen LogP contribution in [0.5, 0.6) is 0 Å². The Bertz CT molecular complexity index is 341. The number of rotatable bonds is 5. The van der Waals surface area contributed by atoms with Gasteiger partial charge in [-0.2, -0.15) is 0 Å². The van der Waals surface area contributed by atoms with Gasteiger partial charge >= 0.3 is 0 Å². The summed E-state index contributed by atoms with van der Waals surface area (Å²) in [6.45, 7) is 4.50. The lowest BCUT2D eigenvalue weighted by atomic mass is 10.2. The van der Waals surface area contributed by atoms with Crippen molar-refractivity contribution in [2.45, 2.75) is 20.3 Å². The Hall–Kier alpha value is -1.57. The fraction of sp³-hybridized carbons (Fsp3) is 0.357. The van der Waals surface area contributed by atoms with Crippen molar-refractivity contribution in [3.8, 4) is 0 Å². The van der Waals surface area contributed by atoms with Crippen molar-refractivity contribution in [3.05, 3.63) is 42.0 Å². The van der Waals surface area contributed by atoms with Crippen LogP contribution in [0.4, 0.5) is 0 Å². The highest BCUT2D eigenvalue weighted by atomic mass is 16.1. The van der Waals surface area contributed by atoms with Crippen LogP contribution in [0.25, 0.3) is 6.08 Å². The van der Waals surface area contributed by atoms with Crippen LogP contribution in [0.2, 0.25) is 0 Å². The maximum Gasteiger partial charge on any atom is 0.222 e. The third kappa shape index (κ3) is 4.78. The highest BCUT2D eigenvalue weighted by Crippen LogP contribution is 2.01. The molecule has 0 heterocycles. The average Bonchev–Trinajstić information content (AvgIpc) is 2.29. The van der Waals surface area contributed by atoms with E-state index in [1.807, 2.05) is 32.0 Å². The van der Waals surface area contributed by atoms with E-state index < -0.39 is 0 Å². The molecule has 0 bridgehead atoms. The summed E-state index contributed by atoms with van der Waals surface area (Å²) in [7, 11) is 0. The highest BCUT2D eigenvalue weighted by Gasteiger charge is 2.03. The largest absolute Gasteiger partial charge is 0.356 e. The zero-order chi connectivity index (χ0) is 11.8. The van der Waals surface area contributed by atoms with Gasteiger partial charge in [0, 0.05) is 12.5 Å². The summed E-state index contributed by atoms with van der Waals surface area (Å²) in [6, 6.07) is 10.1. The molecule has 0 aliphatic rings. The zero-order valence-electron chi connectivity index (χ0n) is 9.94. The van der Waals surface area contributed by atoms with Gasteiger partial charge in [-0.3, -0.25) is 4.79 Å². The molecule has 0 radical (unpaired) electrons. The molecule has 1 N–H and O–H groups in total. The number of benzene rings is 1. The molecular formula is C14H19NO. The molecule has 0 fully saturated rings. The van der Waals surface area contributed by atoms with E-state index in [2.05, 4.69) is 29.6 Å². The first-order valence-electron chi connectivity index (χ1n) is 5.69. The van der Waals surface area contributed by atoms with Crippen molar-refractivity contribution in [1.82, 2.24) is 5.32 Å². The topological polar surface area (TPSA) is 29.1 Å². The van der Waals surface area contributed by atoms with Gasteiger partial charge in [0.1, 0.15) is 0 Å². The first-order chi connectivity index (χ1) is 7.70. The number of hydrogen-bond donors (Lipinski definition) is 1. The second kappa shape index (κ2) is 6.83. The second-order valence-corrected chi connectivity index (χ2v) is 4.05. The van der Waals surface area contributed by atoms with Gasteiger partial charge in [-0.1, -0.05) is 56.3 Å². The average molecular weight is 217 g/mol. The molecule has 0 aliphatic heterocycles. The fourth-order valence-corrected chi connectivity index (χ4v) is 1.27. The molecule has 0 aromatic heterocycles. The van der Waals surface area contributed by atoms with Gasteiger partial charge in [0.05, 0.1) is 0 Å². The van der Waals surface area contributed by atoms with Crippen LogP contribution < -0.4 is 5.32 Å². The molecule has 1 aromatic rings. The van der Waals surface area contributed by atoms with E-state index in [0.717, 1.165) is 6.42 Å². The summed E-state index contributed by atoms with van der Waals surface area (Å²) in [5.41, 5.74) is 1.19. The molecule has 16 heavy (non-hydrogen) atoms. The predicted molar refractivity (Wildman–Crippen MR) is 67.9 cm³/mol. The molecule has 1 aromatic carbocycles. The number of carbonyl (C=O) groups excluding carboxylic acids is 1. The van der Waals surface area contributed by atoms with Crippen molar-refractivity contribution in [1.29, 1.82) is 0 Å². The first kappa shape index (κ1) is 12.5. The number of amides is 1. The number of nitrogens with one attached hydrogen (secondary N) is 1. The lowest BCUT2D eigenvalue weighted by Gasteiger charge is -2.05. The number of hydrogen-bond acceptors (Lipinski definition) is 1. The minimum atomic E-state index is 0.0677. The van der Waals surface area contributed by atoms with E-state index in [9.17, 15) is 4.79 Å². The van der Waals surface area contributed by atoms with Gasteiger partial charge in [0.25, 0.3) is 0 Å². The summed E-state index contributed by atoms with van der Waals surface area (Å²) in [6.07, 6.45) is 5.02. The monoisotopic (exact) mass is 217 g/mol. The van der Waals surface area contributed by atoms with Crippen molar-refractivity contribution in [2.75, 3.05) is 6.54 Å². The Kier molecular flexibility index (Phi) is 5.34. The third-order valence-corrected chi connectivity index (χ3v) is 2.24. The highest BCUT2D eigenvalue weighted by molar-refractivity contribution is 5.77. The molecule has 0 saturated carbocycles. The van der Waals surface area contributed by atoms with Gasteiger partial charge in [0.15, 0.2) is 0 Å². The normalized spacial score (nSPS) is 10.9. The van der Waals surface area contributed by atoms with Crippen molar-refractivity contribution < 1.29 is 4.79 Å². The molecule has 1 amide bonds. The summed E-state index contributed by atoms with van der Waals surface area (Å²) >= 11 is 0. The maximum atomic E-state index is 11.2. The molecule has 2 heteroatoms. The Morgan fingerprint density at radius 3 is 2.62 bits per heavy atom. The van der Waals surface area contributed by atoms with Gasteiger partial charge in [-0.25, -0.2) is 0 Å². The van der Waals surface area contributed by atoms with Crippen LogP contribution >= 0.6 is 0 Å². The second-order valence-electron chi connectivity index (χ2n) is 4.05. The van der Waals surface area contributed by atoms with Gasteiger partial charge < -0.3 is 5.32 Å². The molecular weight excluding hydrogens is 198 g/mol. The smallest absolute Gasteiger partial charge is 0.222 e. The minimum Gasteiger partial charge on any atom is -0.356 e. The molecule has 0 atom stereocenters. The third-order valence-electron chi connectivity index (χ3n) is 2.24. The van der Waals surface area contributed by atoms with Crippen LogP contribution in [0.1, 0.15) is 25.8 Å². The van der Waals surface area contributed by atoms with E-state index in [1.54, 1.807) is 0 Å². The van der Waals surface area contributed by atoms with Crippen LogP contribution in [0.3, 0.4) is 0 Å². The number of carbonyl (C=O) groups is 1. The summed E-state index contributed by atoms with van der Waals surface area (Å²) in [5, 5.41) is 2.88. The summed E-state index contributed by atoms with van der Waals surface area (Å²) < 4.78 is 0. The van der Waals surface area contributed by atoms with E-state index in [1.165, 1.54) is 5.56 Å². The van der Waals surface area contributed by atoms with E-state index in [4.69, 9.17) is 0 Å². The summed E-state index contributed by atoms with van der Waals surface area (Å²) in [4.78, 5) is 11.2. The van der Waals surface area contributed by atoms with Gasteiger partial charge in [0.2, 0.25) is 5.91 Å². The molecule has 1 rings (SSSR count). The van der Waals surface area contributed by atoms with Crippen LogP contribution in [-0.4, -0.2) is 12.5 Å². The van der Waals surface area contributed by atoms with Gasteiger partial charge in [-0.15, -0.1) is 0 Å². The van der Waals surface area contributed by atoms with Crippen LogP contribution in [0.15, 0.2) is 36.4 Å². The van der Waals surface area contributed by atoms with Crippen LogP contribution in [0, 0.1) is 5.92 Å². The maximum absolute atomic E-state index is 11.2. The van der Waals surface area contributed by atoms with E-state index in [-0.39, 0.29) is 11.8 Å². The first-order valence-corrected chi connectivity index (χ1v) is 5.69. The molecule has 0 spiro atoms. The summed E-state index contributed by atoms with van der Waals surface area (Å²) in [5.74, 6) is 0.186. The SMILES string of the molecule is CC(C)C(=O)NCC/C=C/c1ccccc1. The predicted octanol–water partition coefficient (Wildman–Crippen LogP) is 2.86. The van der Waals surface area contributed by atoms with E-state index >= 15 is 0 Å². The Labute approximate surface area is 97.4 Å². The van der Waals surface area contributed by atoms with E-state index in [0.29, 0.717) is 6.54 Å². The Morgan fingerprint density at radius 2 is 2.00 bits per heavy atom. The Balaban J connectivity index is 2.21. The lowest BCUT2D eigenvalue weighted by molar-refractivity contribution is -0.123. The standard InChI is InChI=1S/C14H19NO/c1-12(2)14(16)15-11-7-6-10-13-8-4-3-5-9-13/h3-6,8-10,12H,7,11H2,1-2H3,(H,15,16)/b10-6+. The molecule has 0 unspecified atom stereocenters. The Morgan fingerprint density at radius 1 is 1.31 bits per heavy atom. The molecule has 0 aliphatic carbocycles. The van der Waals surface area contributed by atoms with Gasteiger partial charge in [-0.05, 0) is 12.0 Å². The minimum absolute atomic E-state index is 0.0677. The lowest BCUT2D eigenvalue weighted by Crippen LogP contribution is -2.28. The molecule has 86 valence electrons. The quantitative estimate of drug-likeness (QED) is 0.755. The van der Waals surface area contributed by atoms with Crippen LogP contribution in [-0.2, 0) is 4.79 Å². The molecule has 0 saturated heterocycles. The zero-order valence-corrected chi connectivity index (χ0v) is 9.94. The van der Waals surface area contributed by atoms with Crippen molar-refractivity contribution in [2.24, 2.45) is 5.92 Å². The van der Waals surface area contributed by atoms with Crippen molar-refractivity contribution in [3.63, 3.8) is 0 Å². The van der Waals surface area contributed by atoms with Crippen molar-refractivity contribution >= 4 is 12.0 Å².